The van der Waals surface area contributed by atoms with Crippen LogP contribution in [0.5, 0.6) is 5.75 Å². The maximum absolute atomic E-state index is 12.5. The molecule has 0 N–H and O–H groups in total. The molecule has 0 aliphatic carbocycles. The van der Waals surface area contributed by atoms with Crippen molar-refractivity contribution < 1.29 is 9.53 Å². The van der Waals surface area contributed by atoms with Crippen molar-refractivity contribution in [2.24, 2.45) is 4.99 Å². The average molecular weight is 490 g/mol. The van der Waals surface area contributed by atoms with Gasteiger partial charge in [0.1, 0.15) is 12.4 Å². The second-order valence-corrected chi connectivity index (χ2v) is 9.49. The van der Waals surface area contributed by atoms with Crippen molar-refractivity contribution >= 4 is 46.2 Å². The lowest BCUT2D eigenvalue weighted by atomic mass is 10.2. The van der Waals surface area contributed by atoms with Crippen molar-refractivity contribution in [1.29, 1.82) is 0 Å². The number of carbonyl (C=O) groups is 1. The van der Waals surface area contributed by atoms with E-state index >= 15 is 0 Å². The van der Waals surface area contributed by atoms with E-state index in [4.69, 9.17) is 16.3 Å². The van der Waals surface area contributed by atoms with Crippen LogP contribution in [0.25, 0.3) is 6.08 Å². The summed E-state index contributed by atoms with van der Waals surface area (Å²) in [7, 11) is 0. The number of hydrogen-bond donors (Lipinski definition) is 0. The molecule has 1 saturated heterocycles. The molecule has 7 heteroatoms. The highest BCUT2D eigenvalue weighted by Crippen LogP contribution is 2.31. The Balaban J connectivity index is 1.16. The number of thioether (sulfide) groups is 1. The minimum absolute atomic E-state index is 0.176. The molecule has 1 amide bonds. The van der Waals surface area contributed by atoms with Crippen molar-refractivity contribution in [3.63, 3.8) is 0 Å². The zero-order valence-corrected chi connectivity index (χ0v) is 20.1. The van der Waals surface area contributed by atoms with Gasteiger partial charge in [0, 0.05) is 42.5 Å². The number of rotatable bonds is 5. The number of amides is 1. The molecule has 3 aromatic carbocycles. The third-order valence-corrected chi connectivity index (χ3v) is 7.22. The van der Waals surface area contributed by atoms with Crippen molar-refractivity contribution in [2.45, 2.75) is 6.61 Å². The highest BCUT2D eigenvalue weighted by molar-refractivity contribution is 8.18. The minimum Gasteiger partial charge on any atom is -0.489 e. The molecular formula is C27H24ClN3O2S. The fourth-order valence-electron chi connectivity index (χ4n) is 3.92. The molecule has 2 aliphatic heterocycles. The number of para-hydroxylation sites is 1. The van der Waals surface area contributed by atoms with Gasteiger partial charge >= 0.3 is 0 Å². The average Bonchev–Trinajstić information content (AvgIpc) is 3.25. The van der Waals surface area contributed by atoms with Crippen LogP contribution in [0.2, 0.25) is 5.02 Å². The number of anilines is 1. The summed E-state index contributed by atoms with van der Waals surface area (Å²) < 4.78 is 5.85. The molecule has 2 heterocycles. The predicted molar refractivity (Wildman–Crippen MR) is 140 cm³/mol. The lowest BCUT2D eigenvalue weighted by Crippen LogP contribution is -2.47. The second kappa shape index (κ2) is 10.4. The first-order chi connectivity index (χ1) is 16.7. The quantitative estimate of drug-likeness (QED) is 0.429. The molecule has 0 spiro atoms. The van der Waals surface area contributed by atoms with Crippen LogP contribution in [0.3, 0.4) is 0 Å². The summed E-state index contributed by atoms with van der Waals surface area (Å²) >= 11 is 7.64. The SMILES string of the molecule is O=C1N=C(N2CCN(c3ccccc3)CC2)S/C1=C\c1ccc(OCc2ccccc2Cl)cc1. The van der Waals surface area contributed by atoms with E-state index in [0.717, 1.165) is 48.2 Å². The number of amidine groups is 1. The first-order valence-electron chi connectivity index (χ1n) is 11.2. The molecule has 0 radical (unpaired) electrons. The normalized spacial score (nSPS) is 17.3. The van der Waals surface area contributed by atoms with Gasteiger partial charge in [-0.05, 0) is 53.7 Å². The van der Waals surface area contributed by atoms with Gasteiger partial charge in [-0.3, -0.25) is 4.79 Å². The predicted octanol–water partition coefficient (Wildman–Crippen LogP) is 5.71. The van der Waals surface area contributed by atoms with E-state index < -0.39 is 0 Å². The summed E-state index contributed by atoms with van der Waals surface area (Å²) in [6.45, 7) is 3.92. The van der Waals surface area contributed by atoms with Gasteiger partial charge < -0.3 is 14.5 Å². The maximum atomic E-state index is 12.5. The van der Waals surface area contributed by atoms with E-state index in [-0.39, 0.29) is 5.91 Å². The molecule has 5 nitrogen and oxygen atoms in total. The number of hydrogen-bond acceptors (Lipinski definition) is 5. The Bertz CT molecular complexity index is 1220. The first-order valence-corrected chi connectivity index (χ1v) is 12.4. The van der Waals surface area contributed by atoms with Gasteiger partial charge in [0.15, 0.2) is 5.17 Å². The van der Waals surface area contributed by atoms with Crippen molar-refractivity contribution in [3.05, 3.63) is 99.9 Å². The molecule has 0 saturated carbocycles. The number of ether oxygens (including phenoxy) is 1. The summed E-state index contributed by atoms with van der Waals surface area (Å²) in [6.07, 6.45) is 1.89. The maximum Gasteiger partial charge on any atom is 0.286 e. The van der Waals surface area contributed by atoms with E-state index in [1.807, 2.05) is 60.7 Å². The fourth-order valence-corrected chi connectivity index (χ4v) is 5.07. The topological polar surface area (TPSA) is 45.1 Å². The Morgan fingerprint density at radius 2 is 1.56 bits per heavy atom. The summed E-state index contributed by atoms with van der Waals surface area (Å²) in [4.78, 5) is 22.1. The Hall–Kier alpha value is -3.22. The Morgan fingerprint density at radius 3 is 2.29 bits per heavy atom. The minimum atomic E-state index is -0.176. The van der Waals surface area contributed by atoms with Crippen LogP contribution in [-0.4, -0.2) is 42.2 Å². The first kappa shape index (κ1) is 22.6. The van der Waals surface area contributed by atoms with Gasteiger partial charge in [-0.1, -0.05) is 60.1 Å². The third kappa shape index (κ3) is 5.29. The zero-order valence-electron chi connectivity index (χ0n) is 18.6. The number of aliphatic imine (C=N–C) groups is 1. The summed E-state index contributed by atoms with van der Waals surface area (Å²) in [5, 5.41) is 1.49. The van der Waals surface area contributed by atoms with Crippen LogP contribution in [0.15, 0.2) is 88.8 Å². The van der Waals surface area contributed by atoms with Crippen molar-refractivity contribution in [1.82, 2.24) is 4.90 Å². The summed E-state index contributed by atoms with van der Waals surface area (Å²) in [6, 6.07) is 25.8. The lowest BCUT2D eigenvalue weighted by molar-refractivity contribution is -0.113. The van der Waals surface area contributed by atoms with Crippen LogP contribution >= 0.6 is 23.4 Å². The van der Waals surface area contributed by atoms with E-state index in [2.05, 4.69) is 39.1 Å². The second-order valence-electron chi connectivity index (χ2n) is 8.07. The molecule has 0 aromatic heterocycles. The molecule has 0 atom stereocenters. The molecule has 1 fully saturated rings. The molecule has 3 aromatic rings. The van der Waals surface area contributed by atoms with Crippen LogP contribution < -0.4 is 9.64 Å². The Kier molecular flexibility index (Phi) is 6.88. The van der Waals surface area contributed by atoms with Crippen LogP contribution in [0, 0.1) is 0 Å². The Morgan fingerprint density at radius 1 is 0.882 bits per heavy atom. The molecule has 2 aliphatic rings. The number of piperazine rings is 1. The van der Waals surface area contributed by atoms with Crippen LogP contribution in [-0.2, 0) is 11.4 Å². The Labute approximate surface area is 208 Å². The fraction of sp³-hybridized carbons (Fsp3) is 0.185. The standard InChI is InChI=1S/C27H24ClN3O2S/c28-24-9-5-4-6-21(24)19-33-23-12-10-20(11-13-23)18-25-26(32)29-27(34-25)31-16-14-30(15-17-31)22-7-2-1-3-8-22/h1-13,18H,14-17,19H2/b25-18-. The van der Waals surface area contributed by atoms with Crippen LogP contribution in [0.4, 0.5) is 5.69 Å². The number of carbonyl (C=O) groups excluding carboxylic acids is 1. The lowest BCUT2D eigenvalue weighted by Gasteiger charge is -2.36. The van der Waals surface area contributed by atoms with E-state index in [1.54, 1.807) is 0 Å². The van der Waals surface area contributed by atoms with Gasteiger partial charge in [-0.2, -0.15) is 4.99 Å². The van der Waals surface area contributed by atoms with Crippen LogP contribution in [0.1, 0.15) is 11.1 Å². The number of halogens is 1. The molecule has 5 rings (SSSR count). The van der Waals surface area contributed by atoms with Gasteiger partial charge in [-0.25, -0.2) is 0 Å². The van der Waals surface area contributed by atoms with Gasteiger partial charge in [0.05, 0.1) is 4.91 Å². The van der Waals surface area contributed by atoms with Gasteiger partial charge in [0.25, 0.3) is 5.91 Å². The molecule has 0 unspecified atom stereocenters. The zero-order chi connectivity index (χ0) is 23.3. The molecule has 172 valence electrons. The monoisotopic (exact) mass is 489 g/mol. The van der Waals surface area contributed by atoms with Crippen molar-refractivity contribution in [2.75, 3.05) is 31.1 Å². The number of benzene rings is 3. The highest BCUT2D eigenvalue weighted by atomic mass is 35.5. The highest BCUT2D eigenvalue weighted by Gasteiger charge is 2.28. The van der Waals surface area contributed by atoms with Gasteiger partial charge in [-0.15, -0.1) is 0 Å². The van der Waals surface area contributed by atoms with Crippen molar-refractivity contribution in [3.8, 4) is 5.75 Å². The molecule has 34 heavy (non-hydrogen) atoms. The largest absolute Gasteiger partial charge is 0.489 e. The van der Waals surface area contributed by atoms with Gasteiger partial charge in [0.2, 0.25) is 0 Å². The smallest absolute Gasteiger partial charge is 0.286 e. The number of nitrogens with zero attached hydrogens (tertiary/aromatic N) is 3. The van der Waals surface area contributed by atoms with E-state index in [1.165, 1.54) is 17.4 Å². The summed E-state index contributed by atoms with van der Waals surface area (Å²) in [5.74, 6) is 0.574. The summed E-state index contributed by atoms with van der Waals surface area (Å²) in [5.41, 5.74) is 3.11. The molecular weight excluding hydrogens is 466 g/mol. The third-order valence-electron chi connectivity index (χ3n) is 5.81. The van der Waals surface area contributed by atoms with E-state index in [9.17, 15) is 4.79 Å². The van der Waals surface area contributed by atoms with E-state index in [0.29, 0.717) is 16.5 Å². The molecule has 0 bridgehead atoms.